The van der Waals surface area contributed by atoms with Crippen LogP contribution in [-0.4, -0.2) is 51.8 Å². The summed E-state index contributed by atoms with van der Waals surface area (Å²) in [5.74, 6) is -2.52. The van der Waals surface area contributed by atoms with E-state index in [2.05, 4.69) is 20.3 Å². The van der Waals surface area contributed by atoms with Gasteiger partial charge in [-0.2, -0.15) is 4.98 Å². The molecule has 0 aromatic carbocycles. The minimum Gasteiger partial charge on any atom is -0.462 e. The van der Waals surface area contributed by atoms with Gasteiger partial charge in [-0.15, -0.1) is 0 Å². The molecule has 0 saturated carbocycles. The quantitative estimate of drug-likeness (QED) is 0.277. The summed E-state index contributed by atoms with van der Waals surface area (Å²) >= 11 is 0. The zero-order valence-electron chi connectivity index (χ0n) is 19.3. The van der Waals surface area contributed by atoms with Gasteiger partial charge in [0.05, 0.1) is 5.92 Å². The van der Waals surface area contributed by atoms with E-state index < -0.39 is 54.1 Å². The van der Waals surface area contributed by atoms with Crippen LogP contribution in [0.25, 0.3) is 10.4 Å². The number of nitrogens with one attached hydrogen (secondary N) is 1. The Hall–Kier alpha value is -2.99. The van der Waals surface area contributed by atoms with Gasteiger partial charge in [-0.25, -0.2) is 4.79 Å². The summed E-state index contributed by atoms with van der Waals surface area (Å²) in [6, 6.07) is 1.44. The molecule has 1 amide bonds. The lowest BCUT2D eigenvalue weighted by Gasteiger charge is -2.30. The van der Waals surface area contributed by atoms with Crippen molar-refractivity contribution in [1.82, 2.24) is 9.55 Å². The Morgan fingerprint density at radius 3 is 2.55 bits per heavy atom. The molecule has 0 aliphatic carbocycles. The van der Waals surface area contributed by atoms with Gasteiger partial charge in [-0.05, 0) is 25.4 Å². The number of carbonyl (C=O) groups excluding carboxylic acids is 2. The number of carbonyl (C=O) groups is 2. The van der Waals surface area contributed by atoms with Crippen molar-refractivity contribution in [1.29, 1.82) is 0 Å². The van der Waals surface area contributed by atoms with Crippen molar-refractivity contribution in [3.63, 3.8) is 0 Å². The number of hydrogen-bond acceptors (Lipinski definition) is 9. The van der Waals surface area contributed by atoms with Gasteiger partial charge in [-0.1, -0.05) is 32.8 Å². The Morgan fingerprint density at radius 1 is 1.27 bits per heavy atom. The molecule has 2 fully saturated rings. The number of ether oxygens (including phenoxy) is 4. The molecule has 0 unspecified atom stereocenters. The molecule has 1 N–H and O–H groups in total. The van der Waals surface area contributed by atoms with Crippen LogP contribution in [0.15, 0.2) is 22.2 Å². The van der Waals surface area contributed by atoms with Crippen molar-refractivity contribution >= 4 is 17.7 Å². The number of nitrogens with zero attached hydrogens (tertiary/aromatic N) is 5. The minimum atomic E-state index is -1.77. The van der Waals surface area contributed by atoms with Crippen molar-refractivity contribution in [2.24, 2.45) is 17.0 Å². The SMILES string of the molecule is CC(C)C(=O)Nc1ccn([C@@H]2O[C@@](COC(=O)C(C)C)(N=[N+]=[N-])[C@H]3OC(C)(C)O[C@@H]23)c(=O)n1. The van der Waals surface area contributed by atoms with Gasteiger partial charge >= 0.3 is 11.7 Å². The van der Waals surface area contributed by atoms with Crippen molar-refractivity contribution in [3.05, 3.63) is 33.2 Å². The van der Waals surface area contributed by atoms with E-state index in [9.17, 15) is 19.9 Å². The Kier molecular flexibility index (Phi) is 6.80. The Balaban J connectivity index is 1.96. The second-order valence-corrected chi connectivity index (χ2v) is 8.97. The van der Waals surface area contributed by atoms with Gasteiger partial charge < -0.3 is 24.3 Å². The summed E-state index contributed by atoms with van der Waals surface area (Å²) in [4.78, 5) is 43.5. The van der Waals surface area contributed by atoms with E-state index in [-0.39, 0.29) is 17.6 Å². The van der Waals surface area contributed by atoms with E-state index in [1.165, 1.54) is 12.3 Å². The number of azide groups is 1. The Morgan fingerprint density at radius 2 is 1.97 bits per heavy atom. The van der Waals surface area contributed by atoms with Crippen LogP contribution in [0, 0.1) is 11.8 Å². The fourth-order valence-electron chi connectivity index (χ4n) is 3.49. The maximum absolute atomic E-state index is 12.8. The smallest absolute Gasteiger partial charge is 0.351 e. The molecule has 13 heteroatoms. The average molecular weight is 464 g/mol. The molecule has 0 radical (unpaired) electrons. The molecule has 2 aliphatic heterocycles. The van der Waals surface area contributed by atoms with Crippen LogP contribution in [0.5, 0.6) is 0 Å². The highest BCUT2D eigenvalue weighted by Crippen LogP contribution is 2.48. The number of fused-ring (bicyclic) bond motifs is 1. The molecule has 4 atom stereocenters. The van der Waals surface area contributed by atoms with Crippen LogP contribution < -0.4 is 11.0 Å². The minimum absolute atomic E-state index is 0.0839. The highest BCUT2D eigenvalue weighted by Gasteiger charge is 2.64. The molecule has 13 nitrogen and oxygen atoms in total. The first-order chi connectivity index (χ1) is 15.4. The third-order valence-corrected chi connectivity index (χ3v) is 5.17. The Bertz CT molecular complexity index is 1030. The lowest BCUT2D eigenvalue weighted by atomic mass is 10.1. The van der Waals surface area contributed by atoms with E-state index in [4.69, 9.17) is 18.9 Å². The topological polar surface area (TPSA) is 167 Å². The number of amides is 1. The van der Waals surface area contributed by atoms with Gasteiger partial charge in [-0.3, -0.25) is 14.2 Å². The van der Waals surface area contributed by atoms with E-state index in [0.717, 1.165) is 4.57 Å². The zero-order chi connectivity index (χ0) is 24.6. The van der Waals surface area contributed by atoms with Crippen molar-refractivity contribution < 1.29 is 28.5 Å². The lowest BCUT2D eigenvalue weighted by Crippen LogP contribution is -2.46. The molecule has 180 valence electrons. The van der Waals surface area contributed by atoms with Crippen LogP contribution >= 0.6 is 0 Å². The molecule has 33 heavy (non-hydrogen) atoms. The van der Waals surface area contributed by atoms with Crippen molar-refractivity contribution in [2.45, 2.75) is 71.5 Å². The summed E-state index contributed by atoms with van der Waals surface area (Å²) in [6.07, 6.45) is -1.57. The maximum Gasteiger partial charge on any atom is 0.351 e. The normalized spacial score (nSPS) is 27.8. The molecule has 0 bridgehead atoms. The van der Waals surface area contributed by atoms with Crippen LogP contribution in [0.1, 0.15) is 47.8 Å². The fourth-order valence-corrected chi connectivity index (χ4v) is 3.49. The fraction of sp³-hybridized carbons (Fsp3) is 0.700. The molecule has 3 rings (SSSR count). The zero-order valence-corrected chi connectivity index (χ0v) is 19.3. The summed E-state index contributed by atoms with van der Waals surface area (Å²) in [5, 5.41) is 6.31. The van der Waals surface area contributed by atoms with Crippen LogP contribution in [0.3, 0.4) is 0 Å². The predicted molar refractivity (Wildman–Crippen MR) is 114 cm³/mol. The number of esters is 1. The first-order valence-electron chi connectivity index (χ1n) is 10.6. The molecule has 0 spiro atoms. The van der Waals surface area contributed by atoms with Gasteiger partial charge in [0.1, 0.15) is 24.6 Å². The molecule has 2 saturated heterocycles. The molecule has 3 heterocycles. The van der Waals surface area contributed by atoms with Crippen molar-refractivity contribution in [3.8, 4) is 0 Å². The number of anilines is 1. The first kappa shape index (κ1) is 24.6. The first-order valence-corrected chi connectivity index (χ1v) is 10.6. The van der Waals surface area contributed by atoms with E-state index in [0.29, 0.717) is 0 Å². The van der Waals surface area contributed by atoms with E-state index in [1.807, 2.05) is 0 Å². The third-order valence-electron chi connectivity index (χ3n) is 5.17. The van der Waals surface area contributed by atoms with Gasteiger partial charge in [0.2, 0.25) is 11.6 Å². The Labute approximate surface area is 190 Å². The standard InChI is InChI=1S/C20H28N6O7/c1-10(2)15(27)22-12-7-8-26(18(29)23-12)16-13-14(32-19(5,6)31-13)20(33-16,24-25-21)9-30-17(28)11(3)4/h7-8,10-11,13-14,16H,9H2,1-6H3,(H,22,23,27,29)/t13-,14+,16-,20-/m1/s1. The number of aromatic nitrogens is 2. The van der Waals surface area contributed by atoms with E-state index >= 15 is 0 Å². The van der Waals surface area contributed by atoms with Gasteiger partial charge in [0.25, 0.3) is 0 Å². The van der Waals surface area contributed by atoms with Crippen molar-refractivity contribution in [2.75, 3.05) is 11.9 Å². The average Bonchev–Trinajstić information content (AvgIpc) is 3.18. The number of hydrogen-bond donors (Lipinski definition) is 1. The lowest BCUT2D eigenvalue weighted by molar-refractivity contribution is -0.229. The largest absolute Gasteiger partial charge is 0.462 e. The maximum atomic E-state index is 12.8. The second kappa shape index (κ2) is 9.10. The molecule has 1 aromatic rings. The van der Waals surface area contributed by atoms with Crippen LogP contribution in [0.2, 0.25) is 0 Å². The highest BCUT2D eigenvalue weighted by molar-refractivity contribution is 5.91. The summed E-state index contributed by atoms with van der Waals surface area (Å²) in [5.41, 5.74) is 6.71. The third kappa shape index (κ3) is 5.01. The van der Waals surface area contributed by atoms with Gasteiger partial charge in [0, 0.05) is 17.0 Å². The summed E-state index contributed by atoms with van der Waals surface area (Å²) in [6.45, 7) is 9.63. The molecular formula is C20H28N6O7. The predicted octanol–water partition coefficient (Wildman–Crippen LogP) is 2.09. The van der Waals surface area contributed by atoms with Gasteiger partial charge in [0.15, 0.2) is 12.0 Å². The van der Waals surface area contributed by atoms with Crippen LogP contribution in [0.4, 0.5) is 5.82 Å². The van der Waals surface area contributed by atoms with E-state index in [1.54, 1.807) is 41.5 Å². The molecule has 1 aromatic heterocycles. The number of rotatable bonds is 7. The molecular weight excluding hydrogens is 436 g/mol. The molecule has 2 aliphatic rings. The summed E-state index contributed by atoms with van der Waals surface area (Å²) in [7, 11) is 0. The second-order valence-electron chi connectivity index (χ2n) is 8.97. The highest BCUT2D eigenvalue weighted by atomic mass is 16.8. The monoisotopic (exact) mass is 464 g/mol. The summed E-state index contributed by atoms with van der Waals surface area (Å²) < 4.78 is 24.3. The van der Waals surface area contributed by atoms with Crippen LogP contribution in [-0.2, 0) is 28.5 Å².